The number of ether oxygens (including phenoxy) is 1. The molecule has 0 unspecified atom stereocenters. The van der Waals surface area contributed by atoms with E-state index in [2.05, 4.69) is 45.2 Å². The van der Waals surface area contributed by atoms with Gasteiger partial charge in [-0.25, -0.2) is 4.79 Å². The lowest BCUT2D eigenvalue weighted by Gasteiger charge is -2.08. The third-order valence-electron chi connectivity index (χ3n) is 6.25. The standard InChI is InChI=1S/C29H25BrN2O4/c1-2-25-24(26(32-31-25)17-35-16-18-8-4-3-5-9-18)15-19-12-13-21-23(14-19)28(30)36-27(21)20-10-6-7-11-22(20)29(33)34/h3-14H,2,15-17H2,1H3,(H,31,32)(H,33,34). The summed E-state index contributed by atoms with van der Waals surface area (Å²) in [6.45, 7) is 3.08. The molecule has 3 aromatic carbocycles. The molecule has 0 atom stereocenters. The Balaban J connectivity index is 1.42. The number of aryl methyl sites for hydroxylation is 1. The van der Waals surface area contributed by atoms with E-state index < -0.39 is 5.97 Å². The fourth-order valence-electron chi connectivity index (χ4n) is 4.44. The molecule has 0 aliphatic heterocycles. The smallest absolute Gasteiger partial charge is 0.336 e. The lowest BCUT2D eigenvalue weighted by Crippen LogP contribution is -2.00. The first-order valence-corrected chi connectivity index (χ1v) is 12.5. The van der Waals surface area contributed by atoms with E-state index in [1.54, 1.807) is 18.2 Å². The fourth-order valence-corrected chi connectivity index (χ4v) is 4.93. The number of hydrogen-bond acceptors (Lipinski definition) is 4. The van der Waals surface area contributed by atoms with Gasteiger partial charge in [-0.2, -0.15) is 5.10 Å². The van der Waals surface area contributed by atoms with Gasteiger partial charge in [-0.15, -0.1) is 0 Å². The first-order chi connectivity index (χ1) is 17.5. The van der Waals surface area contributed by atoms with Gasteiger partial charge >= 0.3 is 5.97 Å². The number of aromatic carboxylic acids is 1. The number of aromatic amines is 1. The third-order valence-corrected chi connectivity index (χ3v) is 6.84. The summed E-state index contributed by atoms with van der Waals surface area (Å²) in [5.41, 5.74) is 6.12. The van der Waals surface area contributed by atoms with Gasteiger partial charge in [0.25, 0.3) is 0 Å². The molecule has 2 N–H and O–H groups in total. The van der Waals surface area contributed by atoms with Crippen molar-refractivity contribution in [2.24, 2.45) is 0 Å². The van der Waals surface area contributed by atoms with Gasteiger partial charge in [-0.05, 0) is 45.6 Å². The van der Waals surface area contributed by atoms with Crippen LogP contribution in [0.4, 0.5) is 0 Å². The van der Waals surface area contributed by atoms with Gasteiger partial charge < -0.3 is 14.3 Å². The average molecular weight is 545 g/mol. The van der Waals surface area contributed by atoms with Gasteiger partial charge in [0.1, 0.15) is 5.76 Å². The molecule has 5 aromatic rings. The Bertz CT molecular complexity index is 1520. The van der Waals surface area contributed by atoms with Crippen LogP contribution in [-0.2, 0) is 30.8 Å². The predicted octanol–water partition coefficient (Wildman–Crippen LogP) is 7.15. The van der Waals surface area contributed by atoms with E-state index in [4.69, 9.17) is 9.15 Å². The molecule has 6 nitrogen and oxygen atoms in total. The summed E-state index contributed by atoms with van der Waals surface area (Å²) in [5, 5.41) is 19.1. The van der Waals surface area contributed by atoms with Crippen LogP contribution in [-0.4, -0.2) is 21.3 Å². The Morgan fingerprint density at radius 2 is 1.78 bits per heavy atom. The van der Waals surface area contributed by atoms with Crippen molar-refractivity contribution in [1.82, 2.24) is 10.2 Å². The highest BCUT2D eigenvalue weighted by Crippen LogP contribution is 2.39. The minimum absolute atomic E-state index is 0.204. The number of aromatic nitrogens is 2. The summed E-state index contributed by atoms with van der Waals surface area (Å²) in [7, 11) is 0. The monoisotopic (exact) mass is 544 g/mol. The first-order valence-electron chi connectivity index (χ1n) is 11.8. The maximum absolute atomic E-state index is 11.7. The van der Waals surface area contributed by atoms with Gasteiger partial charge in [0, 0.05) is 28.3 Å². The summed E-state index contributed by atoms with van der Waals surface area (Å²) < 4.78 is 12.6. The van der Waals surface area contributed by atoms with Crippen molar-refractivity contribution in [2.75, 3.05) is 0 Å². The van der Waals surface area contributed by atoms with Crippen molar-refractivity contribution >= 4 is 32.7 Å². The zero-order valence-corrected chi connectivity index (χ0v) is 21.3. The summed E-state index contributed by atoms with van der Waals surface area (Å²) in [5.74, 6) is -0.453. The highest BCUT2D eigenvalue weighted by Gasteiger charge is 2.20. The number of carboxylic acid groups (broad SMARTS) is 1. The molecule has 36 heavy (non-hydrogen) atoms. The second kappa shape index (κ2) is 10.5. The molecule has 0 amide bonds. The second-order valence-electron chi connectivity index (χ2n) is 8.57. The van der Waals surface area contributed by atoms with Crippen molar-refractivity contribution < 1.29 is 19.1 Å². The molecule has 5 rings (SSSR count). The zero-order chi connectivity index (χ0) is 25.1. The van der Waals surface area contributed by atoms with E-state index in [0.717, 1.165) is 45.3 Å². The Labute approximate surface area is 217 Å². The largest absolute Gasteiger partial charge is 0.478 e. The predicted molar refractivity (Wildman–Crippen MR) is 142 cm³/mol. The molecule has 0 bridgehead atoms. The van der Waals surface area contributed by atoms with Crippen molar-refractivity contribution in [1.29, 1.82) is 0 Å². The minimum Gasteiger partial charge on any atom is -0.478 e. The van der Waals surface area contributed by atoms with Crippen LogP contribution in [0.1, 0.15) is 45.4 Å². The summed E-state index contributed by atoms with van der Waals surface area (Å²) in [6, 6.07) is 23.1. The van der Waals surface area contributed by atoms with Crippen LogP contribution in [0.15, 0.2) is 81.9 Å². The van der Waals surface area contributed by atoms with Crippen LogP contribution >= 0.6 is 15.9 Å². The molecule has 0 saturated carbocycles. The normalized spacial score (nSPS) is 11.3. The van der Waals surface area contributed by atoms with Gasteiger partial charge in [0.2, 0.25) is 0 Å². The maximum atomic E-state index is 11.7. The van der Waals surface area contributed by atoms with E-state index in [9.17, 15) is 9.90 Å². The maximum Gasteiger partial charge on any atom is 0.336 e. The third kappa shape index (κ3) is 4.85. The molecule has 2 aromatic heterocycles. The van der Waals surface area contributed by atoms with Crippen molar-refractivity contribution in [3.8, 4) is 11.3 Å². The number of fused-ring (bicyclic) bond motifs is 1. The van der Waals surface area contributed by atoms with Gasteiger partial charge in [0.05, 0.1) is 30.2 Å². The van der Waals surface area contributed by atoms with Crippen LogP contribution in [0.5, 0.6) is 0 Å². The second-order valence-corrected chi connectivity index (χ2v) is 9.29. The Hall–Kier alpha value is -3.68. The Morgan fingerprint density at radius 1 is 1.00 bits per heavy atom. The zero-order valence-electron chi connectivity index (χ0n) is 19.8. The number of nitrogens with one attached hydrogen (secondary N) is 1. The molecule has 7 heteroatoms. The van der Waals surface area contributed by atoms with Crippen molar-refractivity contribution in [3.63, 3.8) is 0 Å². The number of rotatable bonds is 9. The Kier molecular flexibility index (Phi) is 7.02. The lowest BCUT2D eigenvalue weighted by atomic mass is 9.98. The van der Waals surface area contributed by atoms with Crippen molar-refractivity contribution in [2.45, 2.75) is 33.0 Å². The molecule has 182 valence electrons. The summed E-state index contributed by atoms with van der Waals surface area (Å²) in [4.78, 5) is 11.7. The fraction of sp³-hybridized carbons (Fsp3) is 0.172. The number of nitrogens with zero attached hydrogens (tertiary/aromatic N) is 1. The van der Waals surface area contributed by atoms with Crippen molar-refractivity contribution in [3.05, 3.63) is 111 Å². The van der Waals surface area contributed by atoms with Crippen LogP contribution in [0.2, 0.25) is 0 Å². The van der Waals surface area contributed by atoms with Crippen LogP contribution in [0, 0.1) is 0 Å². The van der Waals surface area contributed by atoms with Crippen LogP contribution in [0.25, 0.3) is 22.1 Å². The Morgan fingerprint density at radius 3 is 2.56 bits per heavy atom. The molecule has 0 radical (unpaired) electrons. The highest BCUT2D eigenvalue weighted by molar-refractivity contribution is 9.10. The molecule has 0 spiro atoms. The number of furan rings is 1. The molecule has 0 aliphatic carbocycles. The average Bonchev–Trinajstić information content (AvgIpc) is 3.44. The van der Waals surface area contributed by atoms with Gasteiger partial charge in [0.15, 0.2) is 4.67 Å². The molecule has 0 saturated heterocycles. The topological polar surface area (TPSA) is 88.3 Å². The molecular weight excluding hydrogens is 520 g/mol. The lowest BCUT2D eigenvalue weighted by molar-refractivity contribution is 0.0697. The summed E-state index contributed by atoms with van der Waals surface area (Å²) >= 11 is 3.54. The molecule has 2 heterocycles. The van der Waals surface area contributed by atoms with Gasteiger partial charge in [-0.1, -0.05) is 67.6 Å². The number of halogens is 1. The SMILES string of the molecule is CCc1n[nH]c(COCc2ccccc2)c1Cc1ccc2c(-c3ccccc3C(=O)O)oc(Br)c2c1. The molecular formula is C29H25BrN2O4. The van der Waals surface area contributed by atoms with E-state index in [1.807, 2.05) is 42.5 Å². The molecule has 0 fully saturated rings. The van der Waals surface area contributed by atoms with E-state index >= 15 is 0 Å². The number of H-pyrrole nitrogens is 1. The minimum atomic E-state index is -0.989. The highest BCUT2D eigenvalue weighted by atomic mass is 79.9. The van der Waals surface area contributed by atoms with E-state index in [0.29, 0.717) is 35.6 Å². The molecule has 0 aliphatic rings. The van der Waals surface area contributed by atoms with E-state index in [-0.39, 0.29) is 5.56 Å². The first kappa shape index (κ1) is 24.0. The van der Waals surface area contributed by atoms with Crippen LogP contribution in [0.3, 0.4) is 0 Å². The quantitative estimate of drug-likeness (QED) is 0.205. The number of carboxylic acids is 1. The van der Waals surface area contributed by atoms with E-state index in [1.165, 1.54) is 0 Å². The number of benzene rings is 3. The summed E-state index contributed by atoms with van der Waals surface area (Å²) in [6.07, 6.45) is 1.51. The number of hydrogen-bond donors (Lipinski definition) is 2. The van der Waals surface area contributed by atoms with Crippen LogP contribution < -0.4 is 0 Å². The van der Waals surface area contributed by atoms with Gasteiger partial charge in [-0.3, -0.25) is 5.10 Å². The number of carbonyl (C=O) groups is 1.